The highest BCUT2D eigenvalue weighted by atomic mass is 35.5. The number of carbonyl (C=O) groups excluding carboxylic acids is 1. The molecule has 1 fully saturated rings. The lowest BCUT2D eigenvalue weighted by atomic mass is 9.95. The molecule has 1 saturated heterocycles. The minimum atomic E-state index is -0.254. The van der Waals surface area contributed by atoms with Crippen LogP contribution in [0.5, 0.6) is 0 Å². The van der Waals surface area contributed by atoms with Crippen molar-refractivity contribution in [3.63, 3.8) is 0 Å². The Bertz CT molecular complexity index is 742. The molecule has 24 heavy (non-hydrogen) atoms. The van der Waals surface area contributed by atoms with Crippen LogP contribution in [-0.4, -0.2) is 30.4 Å². The number of benzene rings is 2. The summed E-state index contributed by atoms with van der Waals surface area (Å²) >= 11 is 5.99. The van der Waals surface area contributed by atoms with Gasteiger partial charge in [0.25, 0.3) is 0 Å². The van der Waals surface area contributed by atoms with Gasteiger partial charge in [-0.1, -0.05) is 59.6 Å². The van der Waals surface area contributed by atoms with Gasteiger partial charge in [-0.25, -0.2) is 0 Å². The number of hydrogen-bond donors (Lipinski definition) is 1. The molecule has 0 atom stereocenters. The molecule has 0 saturated carbocycles. The van der Waals surface area contributed by atoms with Crippen molar-refractivity contribution in [3.05, 3.63) is 64.7 Å². The fraction of sp³-hybridized carbons (Fsp3) is 0.250. The van der Waals surface area contributed by atoms with E-state index in [9.17, 15) is 4.79 Å². The van der Waals surface area contributed by atoms with Crippen LogP contribution in [0.4, 0.5) is 0 Å². The van der Waals surface area contributed by atoms with Crippen LogP contribution in [-0.2, 0) is 4.79 Å². The van der Waals surface area contributed by atoms with Crippen molar-refractivity contribution in [1.82, 2.24) is 4.90 Å². The van der Waals surface area contributed by atoms with Crippen molar-refractivity contribution in [2.45, 2.75) is 12.8 Å². The Morgan fingerprint density at radius 2 is 1.75 bits per heavy atom. The number of carbonyl (C=O) groups is 1. The Kier molecular flexibility index (Phi) is 5.34. The van der Waals surface area contributed by atoms with E-state index in [-0.39, 0.29) is 5.91 Å². The van der Waals surface area contributed by atoms with E-state index in [4.69, 9.17) is 17.3 Å². The van der Waals surface area contributed by atoms with Crippen molar-refractivity contribution < 1.29 is 4.79 Å². The number of nitrogens with zero attached hydrogens (tertiary/aromatic N) is 1. The van der Waals surface area contributed by atoms with E-state index in [2.05, 4.69) is 47.4 Å². The van der Waals surface area contributed by atoms with E-state index in [1.807, 2.05) is 12.1 Å². The third-order valence-electron chi connectivity index (χ3n) is 4.35. The fourth-order valence-electron chi connectivity index (χ4n) is 3.10. The molecular weight excluding hydrogens is 320 g/mol. The Morgan fingerprint density at radius 3 is 2.42 bits per heavy atom. The summed E-state index contributed by atoms with van der Waals surface area (Å²) in [6.45, 7) is 2.13. The Morgan fingerprint density at radius 1 is 1.08 bits per heavy atom. The Hall–Kier alpha value is -2.10. The second kappa shape index (κ2) is 7.65. The SMILES string of the molecule is NC(=O)CN1CCC(=Cc2ccccc2-c2ccc(Cl)cc2)CC1. The minimum Gasteiger partial charge on any atom is -0.369 e. The van der Waals surface area contributed by atoms with Gasteiger partial charge in [0.1, 0.15) is 0 Å². The van der Waals surface area contributed by atoms with E-state index >= 15 is 0 Å². The van der Waals surface area contributed by atoms with E-state index < -0.39 is 0 Å². The molecule has 1 amide bonds. The molecule has 2 aromatic carbocycles. The van der Waals surface area contributed by atoms with Gasteiger partial charge in [-0.2, -0.15) is 0 Å². The number of hydrogen-bond acceptors (Lipinski definition) is 2. The standard InChI is InChI=1S/C20H21ClN2O/c21-18-7-5-16(6-8-18)19-4-2-1-3-17(19)13-15-9-11-23(12-10-15)14-20(22)24/h1-8,13H,9-12,14H2,(H2,22,24). The first-order valence-electron chi connectivity index (χ1n) is 8.17. The highest BCUT2D eigenvalue weighted by molar-refractivity contribution is 6.30. The summed E-state index contributed by atoms with van der Waals surface area (Å²) in [6.07, 6.45) is 4.23. The molecule has 0 radical (unpaired) electrons. The van der Waals surface area contributed by atoms with Gasteiger partial charge < -0.3 is 5.73 Å². The maximum absolute atomic E-state index is 11.0. The molecule has 3 rings (SSSR count). The average Bonchev–Trinajstić information content (AvgIpc) is 2.58. The number of nitrogens with two attached hydrogens (primary N) is 1. The number of halogens is 1. The van der Waals surface area contributed by atoms with E-state index in [0.29, 0.717) is 6.54 Å². The number of primary amides is 1. The molecule has 0 aromatic heterocycles. The van der Waals surface area contributed by atoms with Crippen LogP contribution in [0.3, 0.4) is 0 Å². The minimum absolute atomic E-state index is 0.254. The lowest BCUT2D eigenvalue weighted by Gasteiger charge is -2.27. The lowest BCUT2D eigenvalue weighted by Crippen LogP contribution is -2.37. The number of piperidine rings is 1. The third-order valence-corrected chi connectivity index (χ3v) is 4.61. The molecule has 3 nitrogen and oxygen atoms in total. The van der Waals surface area contributed by atoms with Crippen molar-refractivity contribution >= 4 is 23.6 Å². The number of amides is 1. The van der Waals surface area contributed by atoms with Crippen LogP contribution >= 0.6 is 11.6 Å². The highest BCUT2D eigenvalue weighted by Crippen LogP contribution is 2.28. The van der Waals surface area contributed by atoms with Crippen LogP contribution in [0.1, 0.15) is 18.4 Å². The van der Waals surface area contributed by atoms with Gasteiger partial charge in [0.2, 0.25) is 5.91 Å². The predicted octanol–water partition coefficient (Wildman–Crippen LogP) is 3.97. The van der Waals surface area contributed by atoms with E-state index in [1.54, 1.807) is 0 Å². The zero-order chi connectivity index (χ0) is 16.9. The molecule has 0 aliphatic carbocycles. The summed E-state index contributed by atoms with van der Waals surface area (Å²) < 4.78 is 0. The second-order valence-electron chi connectivity index (χ2n) is 6.14. The zero-order valence-corrected chi connectivity index (χ0v) is 14.3. The first kappa shape index (κ1) is 16.7. The van der Waals surface area contributed by atoms with Gasteiger partial charge in [0.05, 0.1) is 6.54 Å². The topological polar surface area (TPSA) is 46.3 Å². The van der Waals surface area contributed by atoms with Crippen LogP contribution in [0.2, 0.25) is 5.02 Å². The van der Waals surface area contributed by atoms with Gasteiger partial charge in [-0.05, 0) is 41.7 Å². The van der Waals surface area contributed by atoms with Crippen molar-refractivity contribution in [3.8, 4) is 11.1 Å². The lowest BCUT2D eigenvalue weighted by molar-refractivity contribution is -0.119. The maximum atomic E-state index is 11.0. The summed E-state index contributed by atoms with van der Waals surface area (Å²) in [4.78, 5) is 13.1. The maximum Gasteiger partial charge on any atom is 0.231 e. The van der Waals surface area contributed by atoms with Gasteiger partial charge in [0, 0.05) is 18.1 Å². The van der Waals surface area contributed by atoms with Gasteiger partial charge in [-0.3, -0.25) is 9.69 Å². The predicted molar refractivity (Wildman–Crippen MR) is 99.7 cm³/mol. The largest absolute Gasteiger partial charge is 0.369 e. The molecule has 1 heterocycles. The molecule has 4 heteroatoms. The summed E-state index contributed by atoms with van der Waals surface area (Å²) in [5, 5.41) is 0.747. The number of likely N-dealkylation sites (tertiary alicyclic amines) is 1. The first-order chi connectivity index (χ1) is 11.6. The van der Waals surface area contributed by atoms with Crippen LogP contribution < -0.4 is 5.73 Å². The number of rotatable bonds is 4. The van der Waals surface area contributed by atoms with Crippen molar-refractivity contribution in [2.24, 2.45) is 5.73 Å². The van der Waals surface area contributed by atoms with Gasteiger partial charge in [0.15, 0.2) is 0 Å². The smallest absolute Gasteiger partial charge is 0.231 e. The normalized spacial score (nSPS) is 15.3. The molecule has 1 aliphatic rings. The molecule has 1 aliphatic heterocycles. The quantitative estimate of drug-likeness (QED) is 0.915. The first-order valence-corrected chi connectivity index (χ1v) is 8.55. The van der Waals surface area contributed by atoms with Crippen molar-refractivity contribution in [2.75, 3.05) is 19.6 Å². The van der Waals surface area contributed by atoms with Crippen molar-refractivity contribution in [1.29, 1.82) is 0 Å². The van der Waals surface area contributed by atoms with Gasteiger partial charge in [-0.15, -0.1) is 0 Å². The monoisotopic (exact) mass is 340 g/mol. The average molecular weight is 341 g/mol. The summed E-state index contributed by atoms with van der Waals surface area (Å²) in [7, 11) is 0. The Balaban J connectivity index is 1.79. The fourth-order valence-corrected chi connectivity index (χ4v) is 3.22. The summed E-state index contributed by atoms with van der Waals surface area (Å²) in [5.41, 5.74) is 10.3. The van der Waals surface area contributed by atoms with E-state index in [1.165, 1.54) is 16.7 Å². The molecule has 2 N–H and O–H groups in total. The third kappa shape index (κ3) is 4.25. The van der Waals surface area contributed by atoms with Crippen LogP contribution in [0.15, 0.2) is 54.1 Å². The second-order valence-corrected chi connectivity index (χ2v) is 6.58. The van der Waals surface area contributed by atoms with E-state index in [0.717, 1.165) is 36.5 Å². The summed E-state index contributed by atoms with van der Waals surface area (Å²) in [6, 6.07) is 16.3. The molecule has 0 unspecified atom stereocenters. The highest BCUT2D eigenvalue weighted by Gasteiger charge is 2.15. The molecule has 0 bridgehead atoms. The molecule has 2 aromatic rings. The van der Waals surface area contributed by atoms with Crippen LogP contribution in [0.25, 0.3) is 17.2 Å². The van der Waals surface area contributed by atoms with Crippen LogP contribution in [0, 0.1) is 0 Å². The Labute approximate surface area is 147 Å². The van der Waals surface area contributed by atoms with Gasteiger partial charge >= 0.3 is 0 Å². The molecule has 124 valence electrons. The summed E-state index contributed by atoms with van der Waals surface area (Å²) in [5.74, 6) is -0.254. The molecule has 0 spiro atoms. The molecular formula is C20H21ClN2O. The zero-order valence-electron chi connectivity index (χ0n) is 13.5.